The van der Waals surface area contributed by atoms with E-state index in [1.807, 2.05) is 12.1 Å². The van der Waals surface area contributed by atoms with Crippen LogP contribution in [0.1, 0.15) is 12.8 Å². The van der Waals surface area contributed by atoms with E-state index in [1.165, 1.54) is 32.0 Å². The molecule has 0 N–H and O–H groups in total. The Labute approximate surface area is 181 Å². The average molecular weight is 494 g/mol. The van der Waals surface area contributed by atoms with Gasteiger partial charge in [-0.15, -0.1) is 0 Å². The van der Waals surface area contributed by atoms with Crippen LogP contribution in [0.25, 0.3) is 11.1 Å². The summed E-state index contributed by atoms with van der Waals surface area (Å²) in [5, 5.41) is 0. The Morgan fingerprint density at radius 3 is 2.47 bits per heavy atom. The lowest BCUT2D eigenvalue weighted by Gasteiger charge is -2.17. The molecule has 10 heteroatoms. The molecule has 1 saturated heterocycles. The summed E-state index contributed by atoms with van der Waals surface area (Å²) >= 11 is 3.35. The Morgan fingerprint density at radius 2 is 1.80 bits per heavy atom. The minimum atomic E-state index is -3.63. The first-order valence-electron chi connectivity index (χ1n) is 9.43. The van der Waals surface area contributed by atoms with E-state index in [4.69, 9.17) is 4.42 Å². The van der Waals surface area contributed by atoms with Gasteiger partial charge in [-0.2, -0.15) is 4.31 Å². The van der Waals surface area contributed by atoms with E-state index in [0.717, 1.165) is 17.3 Å². The summed E-state index contributed by atoms with van der Waals surface area (Å²) in [6, 6.07) is 11.5. The van der Waals surface area contributed by atoms with Crippen molar-refractivity contribution in [3.05, 3.63) is 57.5 Å². The van der Waals surface area contributed by atoms with Gasteiger partial charge in [-0.25, -0.2) is 13.2 Å². The number of hydrogen-bond acceptors (Lipinski definition) is 5. The van der Waals surface area contributed by atoms with Crippen LogP contribution in [0.4, 0.5) is 5.69 Å². The maximum Gasteiger partial charge on any atom is 0.420 e. The van der Waals surface area contributed by atoms with Crippen LogP contribution in [-0.4, -0.2) is 43.3 Å². The standard InChI is InChI=1S/C20H20BrN3O5S/c1-22(15-6-4-14(21)5-7-15)19(25)13-24-17-9-8-16(12-18(17)29-20(24)26)30(27,28)23-10-2-3-11-23/h4-9,12H,2-3,10-11,13H2,1H3. The number of rotatable bonds is 5. The highest BCUT2D eigenvalue weighted by atomic mass is 79.9. The quantitative estimate of drug-likeness (QED) is 0.544. The fraction of sp³-hybridized carbons (Fsp3) is 0.300. The van der Waals surface area contributed by atoms with Crippen molar-refractivity contribution in [2.24, 2.45) is 0 Å². The van der Waals surface area contributed by atoms with Crippen molar-refractivity contribution in [1.29, 1.82) is 0 Å². The third kappa shape index (κ3) is 3.82. The van der Waals surface area contributed by atoms with Gasteiger partial charge in [0.05, 0.1) is 10.4 Å². The lowest BCUT2D eigenvalue weighted by atomic mass is 10.3. The van der Waals surface area contributed by atoms with Crippen molar-refractivity contribution in [2.75, 3.05) is 25.0 Å². The number of carbonyl (C=O) groups is 1. The van der Waals surface area contributed by atoms with Crippen LogP contribution in [0.5, 0.6) is 0 Å². The highest BCUT2D eigenvalue weighted by molar-refractivity contribution is 9.10. The van der Waals surface area contributed by atoms with Gasteiger partial charge in [0.15, 0.2) is 5.58 Å². The second-order valence-corrected chi connectivity index (χ2v) is 9.98. The van der Waals surface area contributed by atoms with Crippen LogP contribution in [0.2, 0.25) is 0 Å². The van der Waals surface area contributed by atoms with E-state index < -0.39 is 15.8 Å². The predicted octanol–water partition coefficient (Wildman–Crippen LogP) is 2.80. The van der Waals surface area contributed by atoms with Crippen molar-refractivity contribution in [3.63, 3.8) is 0 Å². The molecule has 0 bridgehead atoms. The average Bonchev–Trinajstić information content (AvgIpc) is 3.37. The van der Waals surface area contributed by atoms with Gasteiger partial charge in [-0.1, -0.05) is 15.9 Å². The Balaban J connectivity index is 1.62. The molecule has 8 nitrogen and oxygen atoms in total. The van der Waals surface area contributed by atoms with E-state index in [0.29, 0.717) is 24.3 Å². The van der Waals surface area contributed by atoms with Crippen LogP contribution in [0.15, 0.2) is 61.0 Å². The maximum atomic E-state index is 12.8. The molecule has 4 rings (SSSR count). The molecule has 2 heterocycles. The Hall–Kier alpha value is -2.43. The molecule has 1 amide bonds. The van der Waals surface area contributed by atoms with Crippen LogP contribution >= 0.6 is 15.9 Å². The summed E-state index contributed by atoms with van der Waals surface area (Å²) in [5.74, 6) is -1.02. The summed E-state index contributed by atoms with van der Waals surface area (Å²) in [6.07, 6.45) is 1.67. The number of halogens is 1. The Morgan fingerprint density at radius 1 is 1.13 bits per heavy atom. The number of hydrogen-bond donors (Lipinski definition) is 0. The number of benzene rings is 2. The van der Waals surface area contributed by atoms with Gasteiger partial charge in [-0.05, 0) is 49.2 Å². The van der Waals surface area contributed by atoms with E-state index in [1.54, 1.807) is 19.2 Å². The van der Waals surface area contributed by atoms with Gasteiger partial charge in [0.1, 0.15) is 6.54 Å². The number of amides is 1. The van der Waals surface area contributed by atoms with Gasteiger partial charge in [0.25, 0.3) is 0 Å². The first-order chi connectivity index (χ1) is 14.3. The molecule has 0 saturated carbocycles. The summed E-state index contributed by atoms with van der Waals surface area (Å²) in [7, 11) is -2.00. The lowest BCUT2D eigenvalue weighted by molar-refractivity contribution is -0.118. The molecule has 1 aliphatic rings. The zero-order valence-electron chi connectivity index (χ0n) is 16.2. The molecule has 0 atom stereocenters. The number of oxazole rings is 1. The summed E-state index contributed by atoms with van der Waals surface area (Å²) in [6.45, 7) is 0.751. The molecule has 0 aliphatic carbocycles. The van der Waals surface area contributed by atoms with Crippen molar-refractivity contribution >= 4 is 48.6 Å². The van der Waals surface area contributed by atoms with E-state index in [-0.39, 0.29) is 22.9 Å². The topological polar surface area (TPSA) is 92.8 Å². The molecular weight excluding hydrogens is 474 g/mol. The molecule has 1 aromatic heterocycles. The maximum absolute atomic E-state index is 12.8. The molecule has 158 valence electrons. The lowest BCUT2D eigenvalue weighted by Crippen LogP contribution is -2.32. The van der Waals surface area contributed by atoms with Crippen molar-refractivity contribution in [2.45, 2.75) is 24.3 Å². The normalized spacial score (nSPS) is 15.0. The van der Waals surface area contributed by atoms with Crippen LogP contribution < -0.4 is 10.7 Å². The smallest absolute Gasteiger partial charge is 0.408 e. The van der Waals surface area contributed by atoms with Crippen molar-refractivity contribution < 1.29 is 17.6 Å². The number of carbonyl (C=O) groups excluding carboxylic acids is 1. The highest BCUT2D eigenvalue weighted by Crippen LogP contribution is 2.24. The summed E-state index contributed by atoms with van der Waals surface area (Å²) < 4.78 is 34.3. The number of sulfonamides is 1. The van der Waals surface area contributed by atoms with Gasteiger partial charge < -0.3 is 9.32 Å². The number of fused-ring (bicyclic) bond motifs is 1. The Kier molecular flexibility index (Phi) is 5.56. The fourth-order valence-electron chi connectivity index (χ4n) is 3.48. The third-order valence-electron chi connectivity index (χ3n) is 5.22. The monoisotopic (exact) mass is 493 g/mol. The molecule has 2 aromatic carbocycles. The first-order valence-corrected chi connectivity index (χ1v) is 11.7. The zero-order valence-corrected chi connectivity index (χ0v) is 18.6. The SMILES string of the molecule is CN(C(=O)Cn1c(=O)oc2cc(S(=O)(=O)N3CCCC3)ccc21)c1ccc(Br)cc1. The van der Waals surface area contributed by atoms with E-state index in [2.05, 4.69) is 15.9 Å². The van der Waals surface area contributed by atoms with Gasteiger partial charge in [0.2, 0.25) is 15.9 Å². The number of anilines is 1. The number of aromatic nitrogens is 1. The van der Waals surface area contributed by atoms with Gasteiger partial charge >= 0.3 is 5.76 Å². The van der Waals surface area contributed by atoms with E-state index >= 15 is 0 Å². The summed E-state index contributed by atoms with van der Waals surface area (Å²) in [4.78, 5) is 26.6. The third-order valence-corrected chi connectivity index (χ3v) is 7.65. The number of likely N-dealkylation sites (N-methyl/N-ethyl adjacent to an activating group) is 1. The van der Waals surface area contributed by atoms with Crippen LogP contribution in [0, 0.1) is 0 Å². The molecule has 1 fully saturated rings. The predicted molar refractivity (Wildman–Crippen MR) is 116 cm³/mol. The van der Waals surface area contributed by atoms with E-state index in [9.17, 15) is 18.0 Å². The zero-order chi connectivity index (χ0) is 21.5. The largest absolute Gasteiger partial charge is 0.420 e. The Bertz CT molecular complexity index is 1260. The first kappa shape index (κ1) is 20.8. The second kappa shape index (κ2) is 8.01. The minimum absolute atomic E-state index is 0.0797. The van der Waals surface area contributed by atoms with Gasteiger partial charge in [0, 0.05) is 36.4 Å². The second-order valence-electron chi connectivity index (χ2n) is 7.12. The minimum Gasteiger partial charge on any atom is -0.408 e. The van der Waals surface area contributed by atoms with Crippen molar-refractivity contribution in [3.8, 4) is 0 Å². The number of nitrogens with zero attached hydrogens (tertiary/aromatic N) is 3. The molecule has 0 spiro atoms. The highest BCUT2D eigenvalue weighted by Gasteiger charge is 2.28. The van der Waals surface area contributed by atoms with Crippen LogP contribution in [-0.2, 0) is 21.4 Å². The summed E-state index contributed by atoms with van der Waals surface area (Å²) in [5.41, 5.74) is 1.19. The molecule has 30 heavy (non-hydrogen) atoms. The fourth-order valence-corrected chi connectivity index (χ4v) is 5.28. The van der Waals surface area contributed by atoms with Crippen molar-refractivity contribution in [1.82, 2.24) is 8.87 Å². The molecule has 0 radical (unpaired) electrons. The van der Waals surface area contributed by atoms with Crippen LogP contribution in [0.3, 0.4) is 0 Å². The molecule has 0 unspecified atom stereocenters. The molecule has 3 aromatic rings. The molecular formula is C20H20BrN3O5S. The molecule has 1 aliphatic heterocycles. The van der Waals surface area contributed by atoms with Gasteiger partial charge in [-0.3, -0.25) is 9.36 Å².